The number of piperidine rings is 1. The van der Waals surface area contributed by atoms with E-state index in [1.165, 1.54) is 36.6 Å². The Labute approximate surface area is 199 Å². The van der Waals surface area contributed by atoms with Gasteiger partial charge in [-0.1, -0.05) is 25.0 Å². The Kier molecular flexibility index (Phi) is 8.48. The van der Waals surface area contributed by atoms with Crippen LogP contribution in [-0.4, -0.2) is 36.6 Å². The van der Waals surface area contributed by atoms with Crippen LogP contribution in [0, 0.1) is 29.3 Å². The van der Waals surface area contributed by atoms with Gasteiger partial charge < -0.3 is 15.5 Å². The molecule has 0 unspecified atom stereocenters. The molecule has 2 amide bonds. The maximum Gasteiger partial charge on any atom is 0.319 e. The predicted octanol–water partition coefficient (Wildman–Crippen LogP) is 6.13. The van der Waals surface area contributed by atoms with Crippen molar-refractivity contribution in [3.63, 3.8) is 0 Å². The van der Waals surface area contributed by atoms with Gasteiger partial charge in [-0.15, -0.1) is 0 Å². The highest BCUT2D eigenvalue weighted by Crippen LogP contribution is 2.28. The molecule has 4 nitrogen and oxygen atoms in total. The number of carbonyl (C=O) groups is 1. The van der Waals surface area contributed by atoms with Crippen LogP contribution in [0.2, 0.25) is 0 Å². The van der Waals surface area contributed by atoms with Crippen molar-refractivity contribution >= 4 is 11.7 Å². The average molecular weight is 474 g/mol. The van der Waals surface area contributed by atoms with E-state index in [9.17, 15) is 18.0 Å². The van der Waals surface area contributed by atoms with Crippen molar-refractivity contribution in [2.75, 3.05) is 25.0 Å². The number of likely N-dealkylation sites (tertiary alicyclic amines) is 1. The molecular formula is C27H34F3N3O. The van der Waals surface area contributed by atoms with Crippen molar-refractivity contribution in [3.05, 3.63) is 65.5 Å². The van der Waals surface area contributed by atoms with Gasteiger partial charge in [0.2, 0.25) is 0 Å². The van der Waals surface area contributed by atoms with Crippen LogP contribution >= 0.6 is 0 Å². The number of hydrogen-bond donors (Lipinski definition) is 2. The highest BCUT2D eigenvalue weighted by atomic mass is 19.2. The number of rotatable bonds is 7. The van der Waals surface area contributed by atoms with E-state index >= 15 is 0 Å². The Hall–Kier alpha value is -2.54. The van der Waals surface area contributed by atoms with E-state index in [4.69, 9.17) is 0 Å². The molecule has 0 radical (unpaired) electrons. The van der Waals surface area contributed by atoms with Crippen molar-refractivity contribution in [2.45, 2.75) is 57.4 Å². The molecule has 34 heavy (non-hydrogen) atoms. The number of nitrogens with zero attached hydrogens (tertiary/aromatic N) is 1. The second kappa shape index (κ2) is 11.7. The molecule has 2 aliphatic rings. The molecule has 184 valence electrons. The summed E-state index contributed by atoms with van der Waals surface area (Å²) >= 11 is 0. The largest absolute Gasteiger partial charge is 0.335 e. The predicted molar refractivity (Wildman–Crippen MR) is 128 cm³/mol. The maximum atomic E-state index is 13.4. The number of halogens is 3. The summed E-state index contributed by atoms with van der Waals surface area (Å²) in [6.07, 6.45) is 8.71. The Balaban J connectivity index is 1.27. The van der Waals surface area contributed by atoms with Gasteiger partial charge in [-0.05, 0) is 86.7 Å². The van der Waals surface area contributed by atoms with Gasteiger partial charge in [0.25, 0.3) is 0 Å². The van der Waals surface area contributed by atoms with Gasteiger partial charge >= 0.3 is 6.03 Å². The highest BCUT2D eigenvalue weighted by Gasteiger charge is 2.30. The van der Waals surface area contributed by atoms with E-state index in [0.29, 0.717) is 11.8 Å². The lowest BCUT2D eigenvalue weighted by Gasteiger charge is -2.39. The van der Waals surface area contributed by atoms with Crippen LogP contribution in [0.3, 0.4) is 0 Å². The van der Waals surface area contributed by atoms with Crippen molar-refractivity contribution in [1.29, 1.82) is 0 Å². The molecule has 2 N–H and O–H groups in total. The molecule has 1 saturated carbocycles. The molecule has 0 bridgehead atoms. The second-order valence-corrected chi connectivity index (χ2v) is 9.81. The van der Waals surface area contributed by atoms with Crippen LogP contribution in [0.15, 0.2) is 42.5 Å². The third-order valence-corrected chi connectivity index (χ3v) is 7.25. The van der Waals surface area contributed by atoms with Crippen LogP contribution in [0.4, 0.5) is 23.7 Å². The Morgan fingerprint density at radius 1 is 0.941 bits per heavy atom. The van der Waals surface area contributed by atoms with E-state index in [1.807, 2.05) is 12.1 Å². The van der Waals surface area contributed by atoms with E-state index in [-0.39, 0.29) is 23.6 Å². The fourth-order valence-corrected chi connectivity index (χ4v) is 5.43. The quantitative estimate of drug-likeness (QED) is 0.508. The number of benzene rings is 2. The maximum absolute atomic E-state index is 13.4. The zero-order valence-electron chi connectivity index (χ0n) is 19.5. The fraction of sp³-hybridized carbons (Fsp3) is 0.519. The normalized spacial score (nSPS) is 23.4. The summed E-state index contributed by atoms with van der Waals surface area (Å²) in [5.41, 5.74) is 1.42. The Bertz CT molecular complexity index is 953. The number of nitrogens with one attached hydrogen (secondary N) is 2. The summed E-state index contributed by atoms with van der Waals surface area (Å²) in [4.78, 5) is 15.1. The monoisotopic (exact) mass is 473 g/mol. The van der Waals surface area contributed by atoms with Gasteiger partial charge in [0, 0.05) is 30.9 Å². The molecular weight excluding hydrogens is 439 g/mol. The topological polar surface area (TPSA) is 44.4 Å². The second-order valence-electron chi connectivity index (χ2n) is 9.81. The molecule has 4 rings (SSSR count). The van der Waals surface area contributed by atoms with E-state index < -0.39 is 11.6 Å². The Morgan fingerprint density at radius 2 is 1.74 bits per heavy atom. The van der Waals surface area contributed by atoms with Crippen molar-refractivity contribution in [3.8, 4) is 0 Å². The third kappa shape index (κ3) is 6.98. The first-order valence-corrected chi connectivity index (χ1v) is 12.5. The minimum atomic E-state index is -0.979. The summed E-state index contributed by atoms with van der Waals surface area (Å²) in [6, 6.07) is 9.86. The first-order valence-electron chi connectivity index (χ1n) is 12.5. The smallest absolute Gasteiger partial charge is 0.319 e. The highest BCUT2D eigenvalue weighted by molar-refractivity contribution is 5.89. The SMILES string of the molecule is O=C(Nc1ccc(F)c(F)c1)N[C@@H]1CCCC[C@H]1CN1CCC[C@@H](CCc2ccc(F)cc2)C1. The summed E-state index contributed by atoms with van der Waals surface area (Å²) < 4.78 is 39.7. The molecule has 1 aliphatic heterocycles. The molecule has 2 fully saturated rings. The number of anilines is 1. The van der Waals surface area contributed by atoms with Crippen LogP contribution in [0.25, 0.3) is 0 Å². The molecule has 1 saturated heterocycles. The molecule has 1 aliphatic carbocycles. The molecule has 0 aromatic heterocycles. The van der Waals surface area contributed by atoms with Crippen molar-refractivity contribution < 1.29 is 18.0 Å². The number of amides is 2. The third-order valence-electron chi connectivity index (χ3n) is 7.25. The fourth-order valence-electron chi connectivity index (χ4n) is 5.43. The summed E-state index contributed by atoms with van der Waals surface area (Å²) in [5.74, 6) is -1.10. The van der Waals surface area contributed by atoms with Gasteiger partial charge in [0.1, 0.15) is 5.82 Å². The minimum absolute atomic E-state index is 0.0682. The van der Waals surface area contributed by atoms with Gasteiger partial charge in [0.15, 0.2) is 11.6 Å². The van der Waals surface area contributed by atoms with Gasteiger partial charge in [-0.25, -0.2) is 18.0 Å². The van der Waals surface area contributed by atoms with Crippen LogP contribution in [0.1, 0.15) is 50.5 Å². The molecule has 1 heterocycles. The minimum Gasteiger partial charge on any atom is -0.335 e. The van der Waals surface area contributed by atoms with Crippen LogP contribution in [0.5, 0.6) is 0 Å². The molecule has 3 atom stereocenters. The zero-order valence-corrected chi connectivity index (χ0v) is 19.5. The zero-order chi connectivity index (χ0) is 23.9. The Morgan fingerprint density at radius 3 is 2.53 bits per heavy atom. The van der Waals surface area contributed by atoms with Crippen molar-refractivity contribution in [2.24, 2.45) is 11.8 Å². The lowest BCUT2D eigenvalue weighted by atomic mass is 9.83. The van der Waals surface area contributed by atoms with Crippen LogP contribution in [-0.2, 0) is 6.42 Å². The first kappa shape index (κ1) is 24.6. The lowest BCUT2D eigenvalue weighted by molar-refractivity contribution is 0.120. The van der Waals surface area contributed by atoms with Gasteiger partial charge in [-0.2, -0.15) is 0 Å². The molecule has 7 heteroatoms. The van der Waals surface area contributed by atoms with E-state index in [2.05, 4.69) is 15.5 Å². The van der Waals surface area contributed by atoms with Gasteiger partial charge in [-0.3, -0.25) is 0 Å². The van der Waals surface area contributed by atoms with E-state index in [0.717, 1.165) is 70.3 Å². The number of aryl methyl sites for hydroxylation is 1. The van der Waals surface area contributed by atoms with Crippen molar-refractivity contribution in [1.82, 2.24) is 10.2 Å². The standard InChI is InChI=1S/C27H34F3N3O/c28-22-11-9-19(10-12-22)7-8-20-4-3-15-33(17-20)18-21-5-1-2-6-26(21)32-27(34)31-23-13-14-24(29)25(30)16-23/h9-14,16,20-21,26H,1-8,15,17-18H2,(H2,31,32,34)/t20-,21-,26+/m0/s1. The molecule has 2 aromatic rings. The number of hydrogen-bond acceptors (Lipinski definition) is 2. The molecule has 0 spiro atoms. The average Bonchev–Trinajstić information content (AvgIpc) is 2.83. The van der Waals surface area contributed by atoms with Gasteiger partial charge in [0.05, 0.1) is 0 Å². The van der Waals surface area contributed by atoms with Crippen LogP contribution < -0.4 is 10.6 Å². The lowest BCUT2D eigenvalue weighted by Crippen LogP contribution is -2.49. The number of urea groups is 1. The van der Waals surface area contributed by atoms with E-state index in [1.54, 1.807) is 0 Å². The molecule has 2 aromatic carbocycles. The summed E-state index contributed by atoms with van der Waals surface area (Å²) in [6.45, 7) is 3.10. The first-order chi connectivity index (χ1) is 16.5. The summed E-state index contributed by atoms with van der Waals surface area (Å²) in [7, 11) is 0. The summed E-state index contributed by atoms with van der Waals surface area (Å²) in [5, 5.41) is 5.71. The number of carbonyl (C=O) groups excluding carboxylic acids is 1.